The Balaban J connectivity index is 2.25. The van der Waals surface area contributed by atoms with Crippen LogP contribution in [0.5, 0.6) is 0 Å². The Kier molecular flexibility index (Phi) is 2.32. The third-order valence-electron chi connectivity index (χ3n) is 3.94. The summed E-state index contributed by atoms with van der Waals surface area (Å²) in [7, 11) is 0. The molecule has 2 N–H and O–H groups in total. The zero-order valence-corrected chi connectivity index (χ0v) is 10.9. The molecule has 1 aromatic rings. The Morgan fingerprint density at radius 3 is 2.68 bits per heavy atom. The number of aliphatic carboxylic acids is 1. The summed E-state index contributed by atoms with van der Waals surface area (Å²) in [5.41, 5.74) is -0.709. The maximum absolute atomic E-state index is 11.6. The first-order valence-corrected chi connectivity index (χ1v) is 6.34. The van der Waals surface area contributed by atoms with Gasteiger partial charge in [-0.3, -0.25) is 0 Å². The lowest BCUT2D eigenvalue weighted by Crippen LogP contribution is -2.38. The fraction of sp³-hybridized carbons (Fsp3) is 0.400. The molecule has 1 atom stereocenters. The van der Waals surface area contributed by atoms with Crippen molar-refractivity contribution in [2.24, 2.45) is 0 Å². The van der Waals surface area contributed by atoms with Crippen LogP contribution in [-0.2, 0) is 15.1 Å². The number of aliphatic hydroxyl groups is 1. The standard InChI is InChI=1S/C15H16O4/c1-14(2)8-7-11-12(19-14)9-5-3-4-6-10(9)15(11,18)13(16)17/h3-6,18H,7-8H2,1-2H3,(H,16,17). The molecule has 0 saturated heterocycles. The van der Waals surface area contributed by atoms with Crippen LogP contribution in [0.3, 0.4) is 0 Å². The molecule has 2 aliphatic rings. The molecule has 1 heterocycles. The highest BCUT2D eigenvalue weighted by atomic mass is 16.5. The molecule has 19 heavy (non-hydrogen) atoms. The summed E-state index contributed by atoms with van der Waals surface area (Å²) < 4.78 is 5.93. The highest BCUT2D eigenvalue weighted by Crippen LogP contribution is 2.51. The Hall–Kier alpha value is -1.81. The van der Waals surface area contributed by atoms with E-state index in [9.17, 15) is 15.0 Å². The van der Waals surface area contributed by atoms with E-state index in [0.29, 0.717) is 35.3 Å². The highest BCUT2D eigenvalue weighted by Gasteiger charge is 2.53. The molecule has 0 spiro atoms. The summed E-state index contributed by atoms with van der Waals surface area (Å²) in [6.45, 7) is 3.94. The van der Waals surface area contributed by atoms with E-state index < -0.39 is 11.6 Å². The predicted molar refractivity (Wildman–Crippen MR) is 69.3 cm³/mol. The fourth-order valence-corrected chi connectivity index (χ4v) is 2.89. The van der Waals surface area contributed by atoms with E-state index in [0.717, 1.165) is 0 Å². The van der Waals surface area contributed by atoms with Gasteiger partial charge in [0.05, 0.1) is 0 Å². The minimum Gasteiger partial charge on any atom is -0.487 e. The van der Waals surface area contributed by atoms with Crippen LogP contribution in [0.15, 0.2) is 29.8 Å². The SMILES string of the molecule is CC1(C)CCC2=C(O1)c1ccccc1C2(O)C(=O)O. The second-order valence-electron chi connectivity index (χ2n) is 5.73. The molecule has 0 bridgehead atoms. The first-order chi connectivity index (χ1) is 8.86. The molecule has 1 aliphatic carbocycles. The van der Waals surface area contributed by atoms with Crippen LogP contribution in [0.25, 0.3) is 5.76 Å². The summed E-state index contributed by atoms with van der Waals surface area (Å²) >= 11 is 0. The molecule has 0 aromatic heterocycles. The van der Waals surface area contributed by atoms with Gasteiger partial charge < -0.3 is 14.9 Å². The Labute approximate surface area is 111 Å². The average Bonchev–Trinajstić information content (AvgIpc) is 2.60. The summed E-state index contributed by atoms with van der Waals surface area (Å²) in [6, 6.07) is 7.00. The van der Waals surface area contributed by atoms with Crippen LogP contribution in [0.1, 0.15) is 37.8 Å². The van der Waals surface area contributed by atoms with E-state index in [4.69, 9.17) is 4.74 Å². The number of carbonyl (C=O) groups is 1. The lowest BCUT2D eigenvalue weighted by molar-refractivity contribution is -0.155. The first kappa shape index (κ1) is 12.2. The molecule has 1 aliphatic heterocycles. The zero-order chi connectivity index (χ0) is 13.8. The third kappa shape index (κ3) is 1.53. The molecule has 4 nitrogen and oxygen atoms in total. The van der Waals surface area contributed by atoms with Crippen LogP contribution in [0.4, 0.5) is 0 Å². The van der Waals surface area contributed by atoms with Crippen LogP contribution < -0.4 is 0 Å². The monoisotopic (exact) mass is 260 g/mol. The van der Waals surface area contributed by atoms with E-state index in [-0.39, 0.29) is 5.60 Å². The molecule has 0 fully saturated rings. The number of benzene rings is 1. The van der Waals surface area contributed by atoms with Gasteiger partial charge in [0.2, 0.25) is 5.60 Å². The summed E-state index contributed by atoms with van der Waals surface area (Å²) in [6.07, 6.45) is 1.22. The highest BCUT2D eigenvalue weighted by molar-refractivity contribution is 5.93. The van der Waals surface area contributed by atoms with Gasteiger partial charge in [0.25, 0.3) is 0 Å². The van der Waals surface area contributed by atoms with Crippen molar-refractivity contribution in [3.05, 3.63) is 41.0 Å². The lowest BCUT2D eigenvalue weighted by Gasteiger charge is -2.34. The van der Waals surface area contributed by atoms with E-state index in [1.54, 1.807) is 18.2 Å². The van der Waals surface area contributed by atoms with Crippen LogP contribution in [0.2, 0.25) is 0 Å². The second kappa shape index (κ2) is 3.61. The predicted octanol–water partition coefficient (Wildman–Crippen LogP) is 2.27. The Morgan fingerprint density at radius 1 is 1.32 bits per heavy atom. The van der Waals surface area contributed by atoms with Gasteiger partial charge in [-0.05, 0) is 26.7 Å². The van der Waals surface area contributed by atoms with Crippen molar-refractivity contribution in [3.8, 4) is 0 Å². The molecule has 0 radical (unpaired) electrons. The quantitative estimate of drug-likeness (QED) is 0.813. The van der Waals surface area contributed by atoms with Crippen molar-refractivity contribution in [1.29, 1.82) is 0 Å². The van der Waals surface area contributed by atoms with E-state index >= 15 is 0 Å². The summed E-state index contributed by atoms with van der Waals surface area (Å²) in [5.74, 6) is -0.704. The molecule has 100 valence electrons. The minimum atomic E-state index is -1.94. The van der Waals surface area contributed by atoms with E-state index in [2.05, 4.69) is 0 Å². The topological polar surface area (TPSA) is 66.8 Å². The number of rotatable bonds is 1. The number of carboxylic acids is 1. The fourth-order valence-electron chi connectivity index (χ4n) is 2.89. The number of carboxylic acid groups (broad SMARTS) is 1. The van der Waals surface area contributed by atoms with Gasteiger partial charge in [-0.25, -0.2) is 4.79 Å². The molecular formula is C15H16O4. The zero-order valence-electron chi connectivity index (χ0n) is 10.9. The minimum absolute atomic E-state index is 0.338. The number of hydrogen-bond acceptors (Lipinski definition) is 3. The van der Waals surface area contributed by atoms with Crippen molar-refractivity contribution in [2.45, 2.75) is 37.9 Å². The first-order valence-electron chi connectivity index (χ1n) is 6.34. The van der Waals surface area contributed by atoms with Gasteiger partial charge in [0.15, 0.2) is 0 Å². The smallest absolute Gasteiger partial charge is 0.345 e. The van der Waals surface area contributed by atoms with Gasteiger partial charge >= 0.3 is 5.97 Å². The molecular weight excluding hydrogens is 244 g/mol. The van der Waals surface area contributed by atoms with Crippen molar-refractivity contribution in [2.75, 3.05) is 0 Å². The number of fused-ring (bicyclic) bond motifs is 2. The lowest BCUT2D eigenvalue weighted by atomic mass is 9.85. The van der Waals surface area contributed by atoms with Crippen LogP contribution in [-0.4, -0.2) is 21.8 Å². The normalized spacial score (nSPS) is 27.5. The van der Waals surface area contributed by atoms with Crippen molar-refractivity contribution < 1.29 is 19.7 Å². The van der Waals surface area contributed by atoms with Gasteiger partial charge in [-0.1, -0.05) is 24.3 Å². The van der Waals surface area contributed by atoms with Crippen LogP contribution >= 0.6 is 0 Å². The maximum Gasteiger partial charge on any atom is 0.345 e. The van der Waals surface area contributed by atoms with Crippen molar-refractivity contribution >= 4 is 11.7 Å². The molecule has 1 unspecified atom stereocenters. The maximum atomic E-state index is 11.6. The molecule has 0 saturated carbocycles. The molecule has 0 amide bonds. The van der Waals surface area contributed by atoms with Gasteiger partial charge in [-0.2, -0.15) is 0 Å². The van der Waals surface area contributed by atoms with E-state index in [1.807, 2.05) is 19.9 Å². The number of ether oxygens (including phenoxy) is 1. The van der Waals surface area contributed by atoms with Crippen LogP contribution in [0, 0.1) is 0 Å². The third-order valence-corrected chi connectivity index (χ3v) is 3.94. The Bertz CT molecular complexity index is 600. The van der Waals surface area contributed by atoms with Crippen molar-refractivity contribution in [1.82, 2.24) is 0 Å². The Morgan fingerprint density at radius 2 is 2.00 bits per heavy atom. The van der Waals surface area contributed by atoms with E-state index in [1.165, 1.54) is 0 Å². The largest absolute Gasteiger partial charge is 0.487 e. The second-order valence-corrected chi connectivity index (χ2v) is 5.73. The van der Waals surface area contributed by atoms with Crippen molar-refractivity contribution in [3.63, 3.8) is 0 Å². The summed E-state index contributed by atoms with van der Waals surface area (Å²) in [5, 5.41) is 20.1. The van der Waals surface area contributed by atoms with Gasteiger partial charge in [0, 0.05) is 16.7 Å². The summed E-state index contributed by atoms with van der Waals surface area (Å²) in [4.78, 5) is 11.6. The van der Waals surface area contributed by atoms with Gasteiger partial charge in [-0.15, -0.1) is 0 Å². The number of hydrogen-bond donors (Lipinski definition) is 2. The average molecular weight is 260 g/mol. The molecule has 3 rings (SSSR count). The van der Waals surface area contributed by atoms with Gasteiger partial charge in [0.1, 0.15) is 11.4 Å². The molecule has 1 aromatic carbocycles. The molecule has 4 heteroatoms.